The smallest absolute Gasteiger partial charge is 0.113 e. The summed E-state index contributed by atoms with van der Waals surface area (Å²) in [7, 11) is 0. The van der Waals surface area contributed by atoms with Crippen molar-refractivity contribution in [3.63, 3.8) is 0 Å². The number of pyridine rings is 1. The fourth-order valence-electron chi connectivity index (χ4n) is 2.21. The third kappa shape index (κ3) is 2.19. The van der Waals surface area contributed by atoms with Crippen molar-refractivity contribution < 1.29 is 5.11 Å². The highest BCUT2D eigenvalue weighted by Gasteiger charge is 2.25. The SMILES string of the molecule is C#Cc1cccc(C(O)C2CCCC2)n1. The molecular formula is C13H15NO. The van der Waals surface area contributed by atoms with Crippen molar-refractivity contribution in [2.45, 2.75) is 31.8 Å². The molecule has 1 heterocycles. The molecule has 0 radical (unpaired) electrons. The van der Waals surface area contributed by atoms with Crippen LogP contribution in [0.3, 0.4) is 0 Å². The van der Waals surface area contributed by atoms with Crippen molar-refractivity contribution in [3.8, 4) is 12.3 Å². The predicted octanol–water partition coefficient (Wildman–Crippen LogP) is 2.29. The molecule has 1 fully saturated rings. The summed E-state index contributed by atoms with van der Waals surface area (Å²) in [5.41, 5.74) is 1.32. The van der Waals surface area contributed by atoms with Gasteiger partial charge in [-0.3, -0.25) is 0 Å². The first-order chi connectivity index (χ1) is 7.31. The summed E-state index contributed by atoms with van der Waals surface area (Å²) in [6, 6.07) is 5.49. The Hall–Kier alpha value is -1.33. The third-order valence-electron chi connectivity index (χ3n) is 3.07. The van der Waals surface area contributed by atoms with Crippen LogP contribution in [0.5, 0.6) is 0 Å². The molecule has 15 heavy (non-hydrogen) atoms. The van der Waals surface area contributed by atoms with Gasteiger partial charge < -0.3 is 5.11 Å². The molecule has 1 unspecified atom stereocenters. The van der Waals surface area contributed by atoms with Gasteiger partial charge in [-0.15, -0.1) is 6.42 Å². The number of terminal acetylenes is 1. The molecule has 0 amide bonds. The maximum absolute atomic E-state index is 10.1. The van der Waals surface area contributed by atoms with Crippen LogP contribution in [0.2, 0.25) is 0 Å². The average molecular weight is 201 g/mol. The van der Waals surface area contributed by atoms with E-state index >= 15 is 0 Å². The number of rotatable bonds is 2. The first-order valence-electron chi connectivity index (χ1n) is 5.43. The van der Waals surface area contributed by atoms with Crippen LogP contribution in [0.1, 0.15) is 43.2 Å². The van der Waals surface area contributed by atoms with E-state index in [-0.39, 0.29) is 0 Å². The van der Waals surface area contributed by atoms with Gasteiger partial charge in [-0.05, 0) is 30.9 Å². The highest BCUT2D eigenvalue weighted by Crippen LogP contribution is 2.34. The van der Waals surface area contributed by atoms with Gasteiger partial charge in [0.05, 0.1) is 11.8 Å². The molecule has 2 heteroatoms. The van der Waals surface area contributed by atoms with Gasteiger partial charge in [0.1, 0.15) is 5.69 Å². The molecule has 2 rings (SSSR count). The summed E-state index contributed by atoms with van der Waals surface area (Å²) in [6.07, 6.45) is 9.47. The topological polar surface area (TPSA) is 33.1 Å². The molecule has 2 nitrogen and oxygen atoms in total. The van der Waals surface area contributed by atoms with Crippen LogP contribution < -0.4 is 0 Å². The van der Waals surface area contributed by atoms with E-state index in [0.717, 1.165) is 18.5 Å². The minimum Gasteiger partial charge on any atom is -0.387 e. The van der Waals surface area contributed by atoms with E-state index in [4.69, 9.17) is 6.42 Å². The summed E-state index contributed by atoms with van der Waals surface area (Å²) in [5, 5.41) is 10.1. The second kappa shape index (κ2) is 4.46. The monoisotopic (exact) mass is 201 g/mol. The van der Waals surface area contributed by atoms with Gasteiger partial charge in [0, 0.05) is 0 Å². The summed E-state index contributed by atoms with van der Waals surface area (Å²) < 4.78 is 0. The fraction of sp³-hybridized carbons (Fsp3) is 0.462. The van der Waals surface area contributed by atoms with Gasteiger partial charge in [0.15, 0.2) is 0 Å². The van der Waals surface area contributed by atoms with Crippen molar-refractivity contribution in [2.24, 2.45) is 5.92 Å². The predicted molar refractivity (Wildman–Crippen MR) is 59.1 cm³/mol. The Morgan fingerprint density at radius 1 is 1.40 bits per heavy atom. The van der Waals surface area contributed by atoms with Gasteiger partial charge in [0.25, 0.3) is 0 Å². The zero-order valence-corrected chi connectivity index (χ0v) is 8.69. The van der Waals surface area contributed by atoms with E-state index in [0.29, 0.717) is 11.6 Å². The van der Waals surface area contributed by atoms with Crippen LogP contribution in [0.4, 0.5) is 0 Å². The van der Waals surface area contributed by atoms with Gasteiger partial charge in [-0.1, -0.05) is 24.8 Å². The number of nitrogens with zero attached hydrogens (tertiary/aromatic N) is 1. The molecule has 1 aliphatic carbocycles. The summed E-state index contributed by atoms with van der Waals surface area (Å²) in [5.74, 6) is 2.86. The molecule has 0 aromatic carbocycles. The Bertz CT molecular complexity index is 374. The van der Waals surface area contributed by atoms with E-state index < -0.39 is 6.10 Å². The van der Waals surface area contributed by atoms with Gasteiger partial charge in [0.2, 0.25) is 0 Å². The number of hydrogen-bond donors (Lipinski definition) is 1. The van der Waals surface area contributed by atoms with Crippen LogP contribution in [0.25, 0.3) is 0 Å². The Morgan fingerprint density at radius 3 is 2.80 bits per heavy atom. The van der Waals surface area contributed by atoms with Crippen molar-refractivity contribution in [3.05, 3.63) is 29.6 Å². The van der Waals surface area contributed by atoms with E-state index in [1.54, 1.807) is 6.07 Å². The number of aliphatic hydroxyl groups is 1. The molecule has 0 aliphatic heterocycles. The lowest BCUT2D eigenvalue weighted by molar-refractivity contribution is 0.107. The minimum absolute atomic E-state index is 0.366. The zero-order valence-electron chi connectivity index (χ0n) is 8.69. The minimum atomic E-state index is -0.444. The summed E-state index contributed by atoms with van der Waals surface area (Å²) in [6.45, 7) is 0. The maximum atomic E-state index is 10.1. The number of aromatic nitrogens is 1. The molecule has 1 aromatic heterocycles. The van der Waals surface area contributed by atoms with Crippen LogP contribution in [0, 0.1) is 18.3 Å². The molecule has 0 bridgehead atoms. The molecular weight excluding hydrogens is 186 g/mol. The van der Waals surface area contributed by atoms with Crippen LogP contribution in [0.15, 0.2) is 18.2 Å². The lowest BCUT2D eigenvalue weighted by atomic mass is 9.98. The van der Waals surface area contributed by atoms with E-state index in [1.165, 1.54) is 12.8 Å². The Kier molecular flexibility index (Phi) is 3.03. The summed E-state index contributed by atoms with van der Waals surface area (Å²) in [4.78, 5) is 4.25. The largest absolute Gasteiger partial charge is 0.387 e. The average Bonchev–Trinajstić information content (AvgIpc) is 2.81. The Morgan fingerprint density at radius 2 is 2.13 bits per heavy atom. The summed E-state index contributed by atoms with van der Waals surface area (Å²) >= 11 is 0. The number of hydrogen-bond acceptors (Lipinski definition) is 2. The highest BCUT2D eigenvalue weighted by atomic mass is 16.3. The van der Waals surface area contributed by atoms with Gasteiger partial charge in [-0.2, -0.15) is 0 Å². The van der Waals surface area contributed by atoms with Crippen molar-refractivity contribution in [1.29, 1.82) is 0 Å². The van der Waals surface area contributed by atoms with Gasteiger partial charge >= 0.3 is 0 Å². The van der Waals surface area contributed by atoms with E-state index in [1.807, 2.05) is 12.1 Å². The standard InChI is InChI=1S/C13H15NO/c1-2-11-8-5-9-12(14-11)13(15)10-6-3-4-7-10/h1,5,8-10,13,15H,3-4,6-7H2. The fourth-order valence-corrected chi connectivity index (χ4v) is 2.21. The van der Waals surface area contributed by atoms with Crippen molar-refractivity contribution in [1.82, 2.24) is 4.98 Å². The Balaban J connectivity index is 2.17. The first-order valence-corrected chi connectivity index (χ1v) is 5.43. The highest BCUT2D eigenvalue weighted by molar-refractivity contribution is 5.26. The number of aliphatic hydroxyl groups excluding tert-OH is 1. The van der Waals surface area contributed by atoms with Crippen molar-refractivity contribution >= 4 is 0 Å². The molecule has 78 valence electrons. The van der Waals surface area contributed by atoms with Crippen molar-refractivity contribution in [2.75, 3.05) is 0 Å². The van der Waals surface area contributed by atoms with Crippen LogP contribution in [-0.2, 0) is 0 Å². The van der Waals surface area contributed by atoms with Crippen LogP contribution in [-0.4, -0.2) is 10.1 Å². The normalized spacial score (nSPS) is 18.7. The molecule has 1 aromatic rings. The van der Waals surface area contributed by atoms with E-state index in [9.17, 15) is 5.11 Å². The molecule has 1 atom stereocenters. The zero-order chi connectivity index (χ0) is 10.7. The molecule has 1 aliphatic rings. The third-order valence-corrected chi connectivity index (χ3v) is 3.07. The lowest BCUT2D eigenvalue weighted by Crippen LogP contribution is -2.10. The first kappa shape index (κ1) is 10.2. The Labute approximate surface area is 90.4 Å². The maximum Gasteiger partial charge on any atom is 0.113 e. The van der Waals surface area contributed by atoms with Crippen LogP contribution >= 0.6 is 0 Å². The molecule has 1 saturated carbocycles. The molecule has 1 N–H and O–H groups in total. The molecule has 0 spiro atoms. The second-order valence-electron chi connectivity index (χ2n) is 4.08. The van der Waals surface area contributed by atoms with E-state index in [2.05, 4.69) is 10.9 Å². The molecule has 0 saturated heterocycles. The quantitative estimate of drug-likeness (QED) is 0.745. The van der Waals surface area contributed by atoms with Gasteiger partial charge in [-0.25, -0.2) is 4.98 Å². The lowest BCUT2D eigenvalue weighted by Gasteiger charge is -2.16. The second-order valence-corrected chi connectivity index (χ2v) is 4.08.